The fourth-order valence-corrected chi connectivity index (χ4v) is 2.30. The summed E-state index contributed by atoms with van der Waals surface area (Å²) in [5.41, 5.74) is 1.57. The topological polar surface area (TPSA) is 29.1 Å². The molecule has 98 valence electrons. The van der Waals surface area contributed by atoms with Gasteiger partial charge in [0.1, 0.15) is 0 Å². The molecular weight excluding hydrogens is 278 g/mol. The molecule has 2 aromatic rings. The predicted molar refractivity (Wildman–Crippen MR) is 80.8 cm³/mol. The van der Waals surface area contributed by atoms with Crippen molar-refractivity contribution in [3.63, 3.8) is 0 Å². The summed E-state index contributed by atoms with van der Waals surface area (Å²) in [6.45, 7) is 0.499. The Labute approximate surface area is 122 Å². The van der Waals surface area contributed by atoms with Crippen LogP contribution in [0.4, 0.5) is 0 Å². The van der Waals surface area contributed by atoms with E-state index in [-0.39, 0.29) is 5.91 Å². The van der Waals surface area contributed by atoms with E-state index in [0.29, 0.717) is 17.1 Å². The molecule has 0 spiro atoms. The average molecular weight is 292 g/mol. The molecule has 4 heteroatoms. The van der Waals surface area contributed by atoms with Crippen molar-refractivity contribution in [1.29, 1.82) is 0 Å². The lowest BCUT2D eigenvalue weighted by atomic mass is 10.2. The Kier molecular flexibility index (Phi) is 4.88. The molecule has 0 unspecified atom stereocenters. The van der Waals surface area contributed by atoms with E-state index in [1.807, 2.05) is 30.5 Å². The molecule has 2 aromatic carbocycles. The average Bonchev–Trinajstić information content (AvgIpc) is 2.46. The summed E-state index contributed by atoms with van der Waals surface area (Å²) in [7, 11) is 0. The van der Waals surface area contributed by atoms with Crippen LogP contribution in [0.3, 0.4) is 0 Å². The molecule has 0 heterocycles. The molecule has 2 rings (SSSR count). The molecule has 0 aromatic heterocycles. The zero-order chi connectivity index (χ0) is 13.7. The summed E-state index contributed by atoms with van der Waals surface area (Å²) in [4.78, 5) is 13.2. The van der Waals surface area contributed by atoms with Crippen LogP contribution in [0.1, 0.15) is 15.9 Å². The molecule has 0 aliphatic rings. The number of hydrogen-bond donors (Lipinski definition) is 1. The molecule has 0 radical (unpaired) electrons. The first-order chi connectivity index (χ1) is 9.20. The van der Waals surface area contributed by atoms with Gasteiger partial charge in [0.05, 0.1) is 10.6 Å². The summed E-state index contributed by atoms with van der Waals surface area (Å²) in [5.74, 6) is -0.153. The molecule has 2 nitrogen and oxygen atoms in total. The minimum atomic E-state index is -0.153. The van der Waals surface area contributed by atoms with Gasteiger partial charge in [0, 0.05) is 11.4 Å². The highest BCUT2D eigenvalue weighted by Crippen LogP contribution is 2.16. The largest absolute Gasteiger partial charge is 0.348 e. The number of hydrogen-bond acceptors (Lipinski definition) is 2. The number of benzene rings is 2. The number of carbonyl (C=O) groups excluding carboxylic acids is 1. The minimum Gasteiger partial charge on any atom is -0.348 e. The van der Waals surface area contributed by atoms with Crippen molar-refractivity contribution in [2.75, 3.05) is 6.26 Å². The van der Waals surface area contributed by atoms with Gasteiger partial charge in [0.15, 0.2) is 0 Å². The van der Waals surface area contributed by atoms with Crippen LogP contribution in [0.15, 0.2) is 53.4 Å². The lowest BCUT2D eigenvalue weighted by molar-refractivity contribution is 0.0951. The Balaban J connectivity index is 1.98. The number of rotatable bonds is 4. The standard InChI is InChI=1S/C15H14ClNOS/c1-19-12-8-6-11(7-9-12)10-17-15(18)13-4-2-3-5-14(13)16/h2-9H,10H2,1H3,(H,17,18). The van der Waals surface area contributed by atoms with Crippen LogP contribution in [-0.2, 0) is 6.54 Å². The van der Waals surface area contributed by atoms with Crippen molar-refractivity contribution in [3.8, 4) is 0 Å². The van der Waals surface area contributed by atoms with Crippen LogP contribution < -0.4 is 5.32 Å². The SMILES string of the molecule is CSc1ccc(CNC(=O)c2ccccc2Cl)cc1. The third-order valence-electron chi connectivity index (χ3n) is 2.73. The first-order valence-corrected chi connectivity index (χ1v) is 7.46. The quantitative estimate of drug-likeness (QED) is 0.863. The van der Waals surface area contributed by atoms with Crippen LogP contribution in [0.5, 0.6) is 0 Å². The molecule has 0 aliphatic heterocycles. The molecule has 0 aliphatic carbocycles. The second-order valence-electron chi connectivity index (χ2n) is 4.01. The smallest absolute Gasteiger partial charge is 0.253 e. The first-order valence-electron chi connectivity index (χ1n) is 5.86. The maximum absolute atomic E-state index is 12.0. The Morgan fingerprint density at radius 3 is 2.47 bits per heavy atom. The van der Waals surface area contributed by atoms with Crippen molar-refractivity contribution in [2.24, 2.45) is 0 Å². The van der Waals surface area contributed by atoms with Gasteiger partial charge in [-0.3, -0.25) is 4.79 Å². The van der Waals surface area contributed by atoms with Crippen molar-refractivity contribution < 1.29 is 4.79 Å². The van der Waals surface area contributed by atoms with E-state index in [4.69, 9.17) is 11.6 Å². The second kappa shape index (κ2) is 6.64. The molecule has 0 saturated heterocycles. The number of halogens is 1. The molecule has 0 atom stereocenters. The molecule has 1 amide bonds. The van der Waals surface area contributed by atoms with Crippen LogP contribution in [0, 0.1) is 0 Å². The zero-order valence-electron chi connectivity index (χ0n) is 10.5. The van der Waals surface area contributed by atoms with Gasteiger partial charge in [-0.05, 0) is 36.1 Å². The summed E-state index contributed by atoms with van der Waals surface area (Å²) in [6.07, 6.45) is 2.04. The van der Waals surface area contributed by atoms with E-state index in [1.165, 1.54) is 4.90 Å². The van der Waals surface area contributed by atoms with E-state index in [2.05, 4.69) is 5.32 Å². The lowest BCUT2D eigenvalue weighted by Gasteiger charge is -2.07. The Bertz CT molecular complexity index is 569. The van der Waals surface area contributed by atoms with Crippen molar-refractivity contribution >= 4 is 29.3 Å². The van der Waals surface area contributed by atoms with Gasteiger partial charge in [0.2, 0.25) is 0 Å². The first kappa shape index (κ1) is 14.0. The summed E-state index contributed by atoms with van der Waals surface area (Å²) < 4.78 is 0. The predicted octanol–water partition coefficient (Wildman–Crippen LogP) is 3.99. The molecule has 0 fully saturated rings. The van der Waals surface area contributed by atoms with Crippen LogP contribution in [0.25, 0.3) is 0 Å². The van der Waals surface area contributed by atoms with Crippen molar-refractivity contribution in [3.05, 3.63) is 64.7 Å². The Morgan fingerprint density at radius 2 is 1.84 bits per heavy atom. The number of carbonyl (C=O) groups is 1. The normalized spacial score (nSPS) is 10.2. The van der Waals surface area contributed by atoms with Gasteiger partial charge in [0.25, 0.3) is 5.91 Å². The molecule has 0 saturated carbocycles. The molecule has 0 bridgehead atoms. The van der Waals surface area contributed by atoms with Crippen LogP contribution in [-0.4, -0.2) is 12.2 Å². The van der Waals surface area contributed by atoms with Crippen molar-refractivity contribution in [1.82, 2.24) is 5.32 Å². The number of amides is 1. The lowest BCUT2D eigenvalue weighted by Crippen LogP contribution is -2.23. The monoisotopic (exact) mass is 291 g/mol. The van der Waals surface area contributed by atoms with Crippen LogP contribution in [0.2, 0.25) is 5.02 Å². The molecule has 1 N–H and O–H groups in total. The van der Waals surface area contributed by atoms with Gasteiger partial charge in [-0.25, -0.2) is 0 Å². The maximum Gasteiger partial charge on any atom is 0.253 e. The molecular formula is C15H14ClNOS. The van der Waals surface area contributed by atoms with E-state index >= 15 is 0 Å². The van der Waals surface area contributed by atoms with Crippen LogP contribution >= 0.6 is 23.4 Å². The van der Waals surface area contributed by atoms with E-state index in [1.54, 1.807) is 36.0 Å². The van der Waals surface area contributed by atoms with Crippen molar-refractivity contribution in [2.45, 2.75) is 11.4 Å². The van der Waals surface area contributed by atoms with Gasteiger partial charge in [-0.2, -0.15) is 0 Å². The Hall–Kier alpha value is -1.45. The second-order valence-corrected chi connectivity index (χ2v) is 5.30. The third kappa shape index (κ3) is 3.75. The number of nitrogens with one attached hydrogen (secondary N) is 1. The number of thioether (sulfide) groups is 1. The Morgan fingerprint density at radius 1 is 1.16 bits per heavy atom. The van der Waals surface area contributed by atoms with Gasteiger partial charge < -0.3 is 5.32 Å². The summed E-state index contributed by atoms with van der Waals surface area (Å²) in [5, 5.41) is 3.33. The van der Waals surface area contributed by atoms with Gasteiger partial charge >= 0.3 is 0 Å². The third-order valence-corrected chi connectivity index (χ3v) is 3.80. The highest BCUT2D eigenvalue weighted by molar-refractivity contribution is 7.98. The highest BCUT2D eigenvalue weighted by Gasteiger charge is 2.08. The van der Waals surface area contributed by atoms with E-state index in [9.17, 15) is 4.79 Å². The van der Waals surface area contributed by atoms with E-state index in [0.717, 1.165) is 5.56 Å². The fraction of sp³-hybridized carbons (Fsp3) is 0.133. The summed E-state index contributed by atoms with van der Waals surface area (Å²) >= 11 is 7.67. The minimum absolute atomic E-state index is 0.153. The van der Waals surface area contributed by atoms with Gasteiger partial charge in [-0.1, -0.05) is 35.9 Å². The maximum atomic E-state index is 12.0. The zero-order valence-corrected chi connectivity index (χ0v) is 12.1. The molecule has 19 heavy (non-hydrogen) atoms. The van der Waals surface area contributed by atoms with Gasteiger partial charge in [-0.15, -0.1) is 11.8 Å². The fourth-order valence-electron chi connectivity index (χ4n) is 1.67. The summed E-state index contributed by atoms with van der Waals surface area (Å²) in [6, 6.07) is 15.1. The highest BCUT2D eigenvalue weighted by atomic mass is 35.5. The van der Waals surface area contributed by atoms with E-state index < -0.39 is 0 Å².